The third-order valence-electron chi connectivity index (χ3n) is 6.95. The number of aliphatic hydroxyl groups is 2. The van der Waals surface area contributed by atoms with Crippen molar-refractivity contribution < 1.29 is 38.7 Å². The molecule has 0 spiro atoms. The zero-order chi connectivity index (χ0) is 31.5. The van der Waals surface area contributed by atoms with Crippen molar-refractivity contribution in [3.05, 3.63) is 84.0 Å². The van der Waals surface area contributed by atoms with Crippen LogP contribution in [0.3, 0.4) is 0 Å². The summed E-state index contributed by atoms with van der Waals surface area (Å²) in [5.74, 6) is 0.315. The molecule has 0 aromatic heterocycles. The fourth-order valence-corrected chi connectivity index (χ4v) is 4.64. The van der Waals surface area contributed by atoms with E-state index < -0.39 is 35.3 Å². The minimum atomic E-state index is -0.861. The standard InChI is InChI=1S/C34H46O8/c1-9-31(37)40-22-27(35)19-33(6,7)41-30-15-13-26(17-24(30)5)18-25-12-14-29(23(4)16-25)39-21-28(36)20-34(8,11-3)42-32(38)10-2/h9-10,12-17,27-28,35-36H,1-2,11,18-22H2,3-8H3. The van der Waals surface area contributed by atoms with Gasteiger partial charge in [-0.15, -0.1) is 0 Å². The fraction of sp³-hybridized carbons (Fsp3) is 0.471. The molecule has 2 aromatic rings. The minimum Gasteiger partial charge on any atom is -0.491 e. The molecule has 8 heteroatoms. The number of carbonyl (C=O) groups excluding carboxylic acids is 2. The summed E-state index contributed by atoms with van der Waals surface area (Å²) in [6.45, 7) is 18.1. The first kappa shape index (κ1) is 34.6. The highest BCUT2D eigenvalue weighted by atomic mass is 16.6. The number of rotatable bonds is 17. The number of esters is 2. The van der Waals surface area contributed by atoms with E-state index in [1.165, 1.54) is 0 Å². The van der Waals surface area contributed by atoms with Crippen LogP contribution in [0.15, 0.2) is 61.7 Å². The molecule has 0 heterocycles. The Labute approximate surface area is 250 Å². The molecule has 0 saturated carbocycles. The van der Waals surface area contributed by atoms with Gasteiger partial charge in [0.25, 0.3) is 0 Å². The molecule has 2 aromatic carbocycles. The van der Waals surface area contributed by atoms with Crippen molar-refractivity contribution in [1.29, 1.82) is 0 Å². The van der Waals surface area contributed by atoms with Gasteiger partial charge in [-0.3, -0.25) is 0 Å². The summed E-state index contributed by atoms with van der Waals surface area (Å²) >= 11 is 0. The Kier molecular flexibility index (Phi) is 12.8. The van der Waals surface area contributed by atoms with E-state index in [9.17, 15) is 19.8 Å². The highest BCUT2D eigenvalue weighted by Crippen LogP contribution is 2.29. The van der Waals surface area contributed by atoms with Crippen LogP contribution >= 0.6 is 0 Å². The van der Waals surface area contributed by atoms with Crippen LogP contribution in [-0.2, 0) is 25.5 Å². The zero-order valence-electron chi connectivity index (χ0n) is 25.8. The van der Waals surface area contributed by atoms with Crippen LogP contribution in [0.4, 0.5) is 0 Å². The van der Waals surface area contributed by atoms with Gasteiger partial charge in [0, 0.05) is 25.0 Å². The van der Waals surface area contributed by atoms with Gasteiger partial charge in [-0.05, 0) is 81.8 Å². The average Bonchev–Trinajstić information content (AvgIpc) is 2.92. The summed E-state index contributed by atoms with van der Waals surface area (Å²) in [4.78, 5) is 22.9. The van der Waals surface area contributed by atoms with Crippen LogP contribution in [0.25, 0.3) is 0 Å². The van der Waals surface area contributed by atoms with Gasteiger partial charge < -0.3 is 29.2 Å². The number of hydrogen-bond donors (Lipinski definition) is 2. The fourth-order valence-electron chi connectivity index (χ4n) is 4.64. The van der Waals surface area contributed by atoms with Gasteiger partial charge in [-0.1, -0.05) is 44.3 Å². The molecule has 3 atom stereocenters. The summed E-state index contributed by atoms with van der Waals surface area (Å²) in [6, 6.07) is 12.0. The van der Waals surface area contributed by atoms with Crippen molar-refractivity contribution in [3.63, 3.8) is 0 Å². The van der Waals surface area contributed by atoms with Gasteiger partial charge in [0.15, 0.2) is 0 Å². The molecule has 0 bridgehead atoms. The van der Waals surface area contributed by atoms with Gasteiger partial charge >= 0.3 is 11.9 Å². The lowest BCUT2D eigenvalue weighted by atomic mass is 9.95. The van der Waals surface area contributed by atoms with E-state index >= 15 is 0 Å². The molecular weight excluding hydrogens is 536 g/mol. The maximum absolute atomic E-state index is 11.6. The van der Waals surface area contributed by atoms with E-state index in [1.807, 2.05) is 58.9 Å². The molecule has 3 unspecified atom stereocenters. The monoisotopic (exact) mass is 582 g/mol. The number of benzene rings is 2. The van der Waals surface area contributed by atoms with Gasteiger partial charge in [-0.2, -0.15) is 0 Å². The molecule has 0 aliphatic heterocycles. The Morgan fingerprint density at radius 3 is 1.93 bits per heavy atom. The maximum atomic E-state index is 11.6. The van der Waals surface area contributed by atoms with E-state index in [0.717, 1.165) is 40.2 Å². The van der Waals surface area contributed by atoms with Gasteiger partial charge in [0.1, 0.15) is 35.9 Å². The zero-order valence-corrected chi connectivity index (χ0v) is 25.8. The molecule has 2 rings (SSSR count). The van der Waals surface area contributed by atoms with E-state index in [1.54, 1.807) is 6.92 Å². The Hall–Kier alpha value is -3.62. The second-order valence-electron chi connectivity index (χ2n) is 11.5. The highest BCUT2D eigenvalue weighted by Gasteiger charge is 2.30. The van der Waals surface area contributed by atoms with Crippen LogP contribution in [0.2, 0.25) is 0 Å². The van der Waals surface area contributed by atoms with Crippen LogP contribution < -0.4 is 9.47 Å². The first-order chi connectivity index (χ1) is 19.7. The largest absolute Gasteiger partial charge is 0.491 e. The number of ether oxygens (including phenoxy) is 4. The summed E-state index contributed by atoms with van der Waals surface area (Å²) in [6.07, 6.45) is 2.32. The third kappa shape index (κ3) is 11.3. The molecule has 0 saturated heterocycles. The van der Waals surface area contributed by atoms with Crippen molar-refractivity contribution in [2.45, 2.75) is 90.6 Å². The minimum absolute atomic E-state index is 0.0788. The quantitative estimate of drug-likeness (QED) is 0.184. The first-order valence-electron chi connectivity index (χ1n) is 14.2. The Morgan fingerprint density at radius 1 is 0.857 bits per heavy atom. The lowest BCUT2D eigenvalue weighted by Crippen LogP contribution is -2.36. The third-order valence-corrected chi connectivity index (χ3v) is 6.95. The molecule has 42 heavy (non-hydrogen) atoms. The van der Waals surface area contributed by atoms with E-state index in [2.05, 4.69) is 25.3 Å². The van der Waals surface area contributed by atoms with Crippen molar-refractivity contribution in [2.24, 2.45) is 0 Å². The van der Waals surface area contributed by atoms with Gasteiger partial charge in [0.05, 0.1) is 12.2 Å². The van der Waals surface area contributed by atoms with Crippen LogP contribution in [0.1, 0.15) is 69.2 Å². The van der Waals surface area contributed by atoms with Crippen molar-refractivity contribution >= 4 is 11.9 Å². The highest BCUT2D eigenvalue weighted by molar-refractivity contribution is 5.81. The average molecular weight is 583 g/mol. The van der Waals surface area contributed by atoms with Crippen molar-refractivity contribution in [1.82, 2.24) is 0 Å². The molecule has 0 amide bonds. The lowest BCUT2D eigenvalue weighted by Gasteiger charge is -2.30. The van der Waals surface area contributed by atoms with Crippen LogP contribution in [-0.4, -0.2) is 58.8 Å². The number of aryl methyl sites for hydroxylation is 2. The first-order valence-corrected chi connectivity index (χ1v) is 14.2. The SMILES string of the molecule is C=CC(=O)OCC(O)CC(C)(C)Oc1ccc(Cc2ccc(OCC(O)CC(C)(CC)OC(=O)C=C)c(C)c2)cc1C. The predicted molar refractivity (Wildman–Crippen MR) is 163 cm³/mol. The second kappa shape index (κ2) is 15.6. The molecule has 2 N–H and O–H groups in total. The lowest BCUT2D eigenvalue weighted by molar-refractivity contribution is -0.155. The van der Waals surface area contributed by atoms with E-state index in [4.69, 9.17) is 18.9 Å². The van der Waals surface area contributed by atoms with Crippen molar-refractivity contribution in [2.75, 3.05) is 13.2 Å². The topological polar surface area (TPSA) is 112 Å². The summed E-state index contributed by atoms with van der Waals surface area (Å²) in [5.41, 5.74) is 2.66. The van der Waals surface area contributed by atoms with E-state index in [0.29, 0.717) is 18.6 Å². The number of hydrogen-bond acceptors (Lipinski definition) is 8. The van der Waals surface area contributed by atoms with Gasteiger partial charge in [-0.25, -0.2) is 9.59 Å². The molecule has 0 fully saturated rings. The second-order valence-corrected chi connectivity index (χ2v) is 11.5. The van der Waals surface area contributed by atoms with Gasteiger partial charge in [0.2, 0.25) is 0 Å². The Balaban J connectivity index is 1.96. The molecule has 0 aliphatic carbocycles. The van der Waals surface area contributed by atoms with Crippen LogP contribution in [0, 0.1) is 13.8 Å². The molecule has 8 nitrogen and oxygen atoms in total. The molecule has 0 aliphatic rings. The predicted octanol–water partition coefficient (Wildman–Crippen LogP) is 5.56. The molecular formula is C34H46O8. The molecule has 230 valence electrons. The van der Waals surface area contributed by atoms with E-state index in [-0.39, 0.29) is 26.1 Å². The van der Waals surface area contributed by atoms with Crippen molar-refractivity contribution in [3.8, 4) is 11.5 Å². The normalized spacial score (nSPS) is 14.2. The molecule has 0 radical (unpaired) electrons. The maximum Gasteiger partial charge on any atom is 0.330 e. The Morgan fingerprint density at radius 2 is 1.40 bits per heavy atom. The van der Waals surface area contributed by atoms with Crippen LogP contribution in [0.5, 0.6) is 11.5 Å². The Bertz CT molecular complexity index is 1230. The summed E-state index contributed by atoms with van der Waals surface area (Å²) in [5, 5.41) is 20.8. The number of carbonyl (C=O) groups is 2. The summed E-state index contributed by atoms with van der Waals surface area (Å²) < 4.78 is 22.4. The summed E-state index contributed by atoms with van der Waals surface area (Å²) in [7, 11) is 0. The number of aliphatic hydroxyl groups excluding tert-OH is 2. The smallest absolute Gasteiger partial charge is 0.330 e.